The van der Waals surface area contributed by atoms with Crippen LogP contribution in [0.5, 0.6) is 0 Å². The summed E-state index contributed by atoms with van der Waals surface area (Å²) in [4.78, 5) is 24.7. The number of hydrogen-bond donors (Lipinski definition) is 2. The van der Waals surface area contributed by atoms with E-state index in [1.54, 1.807) is 11.9 Å². The maximum atomic E-state index is 11.6. The number of carbonyl (C=O) groups is 2. The molecule has 0 aliphatic carbocycles. The van der Waals surface area contributed by atoms with Crippen LogP contribution in [0.4, 0.5) is 0 Å². The van der Waals surface area contributed by atoms with Gasteiger partial charge in [-0.1, -0.05) is 0 Å². The summed E-state index contributed by atoms with van der Waals surface area (Å²) in [6, 6.07) is 0. The minimum absolute atomic E-state index is 0.00486. The van der Waals surface area contributed by atoms with E-state index in [4.69, 9.17) is 0 Å². The van der Waals surface area contributed by atoms with Crippen LogP contribution in [0.15, 0.2) is 0 Å². The quantitative estimate of drug-likeness (QED) is 0.710. The molecule has 0 unspecified atom stereocenters. The fraction of sp³-hybridized carbons (Fsp3) is 0.833. The molecule has 1 aliphatic rings. The van der Waals surface area contributed by atoms with Gasteiger partial charge in [-0.05, 0) is 38.8 Å². The predicted octanol–water partition coefficient (Wildman–Crippen LogP) is -0.0294. The van der Waals surface area contributed by atoms with E-state index in [9.17, 15) is 9.59 Å². The van der Waals surface area contributed by atoms with E-state index >= 15 is 0 Å². The van der Waals surface area contributed by atoms with E-state index < -0.39 is 0 Å². The van der Waals surface area contributed by atoms with Gasteiger partial charge in [-0.3, -0.25) is 9.59 Å². The molecule has 17 heavy (non-hydrogen) atoms. The Morgan fingerprint density at radius 2 is 2.00 bits per heavy atom. The highest BCUT2D eigenvalue weighted by Crippen LogP contribution is 2.15. The van der Waals surface area contributed by atoms with Crippen molar-refractivity contribution in [3.63, 3.8) is 0 Å². The van der Waals surface area contributed by atoms with E-state index in [-0.39, 0.29) is 18.4 Å². The zero-order valence-electron chi connectivity index (χ0n) is 10.8. The molecule has 1 heterocycles. The van der Waals surface area contributed by atoms with Gasteiger partial charge in [-0.15, -0.1) is 0 Å². The average Bonchev–Trinajstić information content (AvgIpc) is 2.36. The summed E-state index contributed by atoms with van der Waals surface area (Å²) in [6.07, 6.45) is 2.65. The first-order valence-electron chi connectivity index (χ1n) is 6.34. The van der Waals surface area contributed by atoms with E-state index in [0.717, 1.165) is 25.9 Å². The molecule has 5 nitrogen and oxygen atoms in total. The molecule has 1 saturated heterocycles. The van der Waals surface area contributed by atoms with Crippen molar-refractivity contribution < 1.29 is 9.59 Å². The first kappa shape index (κ1) is 14.0. The van der Waals surface area contributed by atoms with Crippen molar-refractivity contribution in [1.82, 2.24) is 15.5 Å². The summed E-state index contributed by atoms with van der Waals surface area (Å²) in [5, 5.41) is 5.96. The highest BCUT2D eigenvalue weighted by atomic mass is 16.2. The van der Waals surface area contributed by atoms with Crippen LogP contribution in [0.3, 0.4) is 0 Å². The molecule has 0 bridgehead atoms. The van der Waals surface area contributed by atoms with Crippen molar-refractivity contribution in [2.24, 2.45) is 5.92 Å². The molecule has 0 atom stereocenters. The number of nitrogens with zero attached hydrogens (tertiary/aromatic N) is 1. The normalized spacial score (nSPS) is 16.6. The molecule has 0 aromatic carbocycles. The minimum atomic E-state index is -0.0360. The number of carbonyl (C=O) groups excluding carboxylic acids is 2. The Kier molecular flexibility index (Phi) is 5.97. The second-order valence-corrected chi connectivity index (χ2v) is 4.58. The molecule has 1 rings (SSSR count). The molecule has 5 heteroatoms. The SMILES string of the molecule is CCN(C)C(=O)CNC(=O)CC1CCNCC1. The van der Waals surface area contributed by atoms with E-state index in [2.05, 4.69) is 10.6 Å². The summed E-state index contributed by atoms with van der Waals surface area (Å²) < 4.78 is 0. The summed E-state index contributed by atoms with van der Waals surface area (Å²) in [7, 11) is 1.74. The topological polar surface area (TPSA) is 61.4 Å². The molecule has 0 aromatic heterocycles. The molecule has 2 amide bonds. The molecule has 0 saturated carbocycles. The van der Waals surface area contributed by atoms with Crippen LogP contribution in [0.25, 0.3) is 0 Å². The van der Waals surface area contributed by atoms with Crippen molar-refractivity contribution in [2.75, 3.05) is 33.2 Å². The number of nitrogens with one attached hydrogen (secondary N) is 2. The van der Waals surface area contributed by atoms with Crippen molar-refractivity contribution in [3.8, 4) is 0 Å². The second-order valence-electron chi connectivity index (χ2n) is 4.58. The van der Waals surface area contributed by atoms with Crippen LogP contribution in [0.1, 0.15) is 26.2 Å². The van der Waals surface area contributed by atoms with E-state index in [1.807, 2.05) is 6.92 Å². The standard InChI is InChI=1S/C12H23N3O2/c1-3-15(2)12(17)9-14-11(16)8-10-4-6-13-7-5-10/h10,13H,3-9H2,1-2H3,(H,14,16). The van der Waals surface area contributed by atoms with Gasteiger partial charge in [0.05, 0.1) is 6.54 Å². The van der Waals surface area contributed by atoms with Crippen molar-refractivity contribution in [3.05, 3.63) is 0 Å². The summed E-state index contributed by atoms with van der Waals surface area (Å²) in [5.74, 6) is 0.427. The molecule has 0 spiro atoms. The second kappa shape index (κ2) is 7.27. The monoisotopic (exact) mass is 241 g/mol. The Hall–Kier alpha value is -1.10. The van der Waals surface area contributed by atoms with Crippen molar-refractivity contribution in [1.29, 1.82) is 0 Å². The molecular weight excluding hydrogens is 218 g/mol. The number of likely N-dealkylation sites (N-methyl/N-ethyl adjacent to an activating group) is 1. The number of amides is 2. The third-order valence-corrected chi connectivity index (χ3v) is 3.27. The lowest BCUT2D eigenvalue weighted by Gasteiger charge is -2.22. The smallest absolute Gasteiger partial charge is 0.241 e. The Bertz CT molecular complexity index is 262. The van der Waals surface area contributed by atoms with Crippen LogP contribution in [0.2, 0.25) is 0 Å². The first-order chi connectivity index (χ1) is 8.13. The Labute approximate surface area is 103 Å². The van der Waals surface area contributed by atoms with Crippen LogP contribution >= 0.6 is 0 Å². The van der Waals surface area contributed by atoms with Gasteiger partial charge in [0.1, 0.15) is 0 Å². The largest absolute Gasteiger partial charge is 0.347 e. The molecule has 98 valence electrons. The number of rotatable bonds is 5. The first-order valence-corrected chi connectivity index (χ1v) is 6.34. The Balaban J connectivity index is 2.18. The minimum Gasteiger partial charge on any atom is -0.347 e. The predicted molar refractivity (Wildman–Crippen MR) is 66.5 cm³/mol. The average molecular weight is 241 g/mol. The lowest BCUT2D eigenvalue weighted by Crippen LogP contribution is -2.39. The van der Waals surface area contributed by atoms with Gasteiger partial charge in [0.25, 0.3) is 0 Å². The van der Waals surface area contributed by atoms with Crippen LogP contribution in [0, 0.1) is 5.92 Å². The molecule has 0 aromatic rings. The fourth-order valence-corrected chi connectivity index (χ4v) is 1.91. The van der Waals surface area contributed by atoms with Gasteiger partial charge in [0.2, 0.25) is 11.8 Å². The molecular formula is C12H23N3O2. The van der Waals surface area contributed by atoms with E-state index in [0.29, 0.717) is 18.9 Å². The molecule has 0 radical (unpaired) electrons. The third kappa shape index (κ3) is 5.17. The zero-order chi connectivity index (χ0) is 12.7. The van der Waals surface area contributed by atoms with Crippen LogP contribution in [-0.4, -0.2) is 49.9 Å². The van der Waals surface area contributed by atoms with E-state index in [1.165, 1.54) is 0 Å². The summed E-state index contributed by atoms with van der Waals surface area (Å²) in [6.45, 7) is 4.69. The van der Waals surface area contributed by atoms with Crippen LogP contribution in [-0.2, 0) is 9.59 Å². The van der Waals surface area contributed by atoms with Crippen LogP contribution < -0.4 is 10.6 Å². The lowest BCUT2D eigenvalue weighted by molar-refractivity contribution is -0.132. The van der Waals surface area contributed by atoms with Crippen molar-refractivity contribution >= 4 is 11.8 Å². The number of piperidine rings is 1. The highest BCUT2D eigenvalue weighted by Gasteiger charge is 2.17. The van der Waals surface area contributed by atoms with Gasteiger partial charge >= 0.3 is 0 Å². The zero-order valence-corrected chi connectivity index (χ0v) is 10.8. The maximum absolute atomic E-state index is 11.6. The maximum Gasteiger partial charge on any atom is 0.241 e. The summed E-state index contributed by atoms with van der Waals surface area (Å²) in [5.41, 5.74) is 0. The van der Waals surface area contributed by atoms with Gasteiger partial charge in [-0.2, -0.15) is 0 Å². The fourth-order valence-electron chi connectivity index (χ4n) is 1.91. The van der Waals surface area contributed by atoms with Gasteiger partial charge in [0, 0.05) is 20.0 Å². The molecule has 1 aliphatic heterocycles. The van der Waals surface area contributed by atoms with Gasteiger partial charge < -0.3 is 15.5 Å². The third-order valence-electron chi connectivity index (χ3n) is 3.27. The highest BCUT2D eigenvalue weighted by molar-refractivity contribution is 5.84. The Morgan fingerprint density at radius 3 is 2.59 bits per heavy atom. The van der Waals surface area contributed by atoms with Gasteiger partial charge in [-0.25, -0.2) is 0 Å². The van der Waals surface area contributed by atoms with Gasteiger partial charge in [0.15, 0.2) is 0 Å². The number of hydrogen-bond acceptors (Lipinski definition) is 3. The molecule has 2 N–H and O–H groups in total. The molecule has 1 fully saturated rings. The Morgan fingerprint density at radius 1 is 1.35 bits per heavy atom. The lowest BCUT2D eigenvalue weighted by atomic mass is 9.94. The summed E-state index contributed by atoms with van der Waals surface area (Å²) >= 11 is 0. The van der Waals surface area contributed by atoms with Crippen molar-refractivity contribution in [2.45, 2.75) is 26.2 Å².